The number of carbonyl (C=O) groups is 1. The first-order valence-corrected chi connectivity index (χ1v) is 6.62. The van der Waals surface area contributed by atoms with Gasteiger partial charge in [0.2, 0.25) is 5.91 Å². The van der Waals surface area contributed by atoms with E-state index in [1.54, 1.807) is 12.4 Å². The molecule has 0 spiro atoms. The maximum atomic E-state index is 11.7. The molecule has 0 bridgehead atoms. The Kier molecular flexibility index (Phi) is 5.15. The third kappa shape index (κ3) is 4.45. The standard InChI is InChI=1S/C14H20N2O2/c17-14(7-6-12-4-3-8-15-10-12)16-11-13-5-1-2-9-18-13/h3-4,8,10,13H,1-2,5-7,9,11H2,(H,16,17)/t13-/m1/s1. The van der Waals surface area contributed by atoms with Gasteiger partial charge in [0, 0.05) is 32.0 Å². The van der Waals surface area contributed by atoms with Crippen LogP contribution in [-0.4, -0.2) is 30.1 Å². The Hall–Kier alpha value is -1.42. The lowest BCUT2D eigenvalue weighted by atomic mass is 10.1. The fourth-order valence-corrected chi connectivity index (χ4v) is 2.09. The van der Waals surface area contributed by atoms with Crippen LogP contribution in [0.3, 0.4) is 0 Å². The van der Waals surface area contributed by atoms with Crippen molar-refractivity contribution in [2.45, 2.75) is 38.2 Å². The number of aromatic nitrogens is 1. The highest BCUT2D eigenvalue weighted by Gasteiger charge is 2.14. The van der Waals surface area contributed by atoms with E-state index >= 15 is 0 Å². The van der Waals surface area contributed by atoms with Crippen molar-refractivity contribution in [1.82, 2.24) is 10.3 Å². The molecule has 2 rings (SSSR count). The number of nitrogens with one attached hydrogen (secondary N) is 1. The first kappa shape index (κ1) is 13.0. The number of ether oxygens (including phenoxy) is 1. The zero-order valence-electron chi connectivity index (χ0n) is 10.6. The van der Waals surface area contributed by atoms with E-state index < -0.39 is 0 Å². The van der Waals surface area contributed by atoms with E-state index in [1.165, 1.54) is 6.42 Å². The van der Waals surface area contributed by atoms with Gasteiger partial charge >= 0.3 is 0 Å². The molecule has 1 aliphatic rings. The SMILES string of the molecule is O=C(CCc1cccnc1)NC[C@H]1CCCCO1. The molecular weight excluding hydrogens is 228 g/mol. The Bertz CT molecular complexity index is 361. The fourth-order valence-electron chi connectivity index (χ4n) is 2.09. The van der Waals surface area contributed by atoms with Crippen molar-refractivity contribution in [3.05, 3.63) is 30.1 Å². The van der Waals surface area contributed by atoms with E-state index in [0.717, 1.165) is 31.4 Å². The average Bonchev–Trinajstić information content (AvgIpc) is 2.45. The van der Waals surface area contributed by atoms with Gasteiger partial charge in [-0.2, -0.15) is 0 Å². The third-order valence-electron chi connectivity index (χ3n) is 3.16. The molecule has 1 atom stereocenters. The summed E-state index contributed by atoms with van der Waals surface area (Å²) in [7, 11) is 0. The molecule has 18 heavy (non-hydrogen) atoms. The van der Waals surface area contributed by atoms with Crippen LogP contribution in [0.15, 0.2) is 24.5 Å². The minimum Gasteiger partial charge on any atom is -0.376 e. The van der Waals surface area contributed by atoms with Gasteiger partial charge in [-0.05, 0) is 37.3 Å². The van der Waals surface area contributed by atoms with E-state index in [1.807, 2.05) is 12.1 Å². The summed E-state index contributed by atoms with van der Waals surface area (Å²) in [6.07, 6.45) is 8.41. The lowest BCUT2D eigenvalue weighted by molar-refractivity contribution is -0.122. The second-order valence-corrected chi connectivity index (χ2v) is 4.65. The van der Waals surface area contributed by atoms with Gasteiger partial charge < -0.3 is 10.1 Å². The summed E-state index contributed by atoms with van der Waals surface area (Å²) in [6, 6.07) is 3.88. The van der Waals surface area contributed by atoms with E-state index in [4.69, 9.17) is 4.74 Å². The van der Waals surface area contributed by atoms with Gasteiger partial charge in [0.05, 0.1) is 6.10 Å². The van der Waals surface area contributed by atoms with Crippen LogP contribution in [0.2, 0.25) is 0 Å². The number of nitrogens with zero attached hydrogens (tertiary/aromatic N) is 1. The van der Waals surface area contributed by atoms with E-state index in [9.17, 15) is 4.79 Å². The van der Waals surface area contributed by atoms with Crippen LogP contribution in [0.1, 0.15) is 31.2 Å². The van der Waals surface area contributed by atoms with Gasteiger partial charge in [-0.1, -0.05) is 6.07 Å². The molecule has 1 amide bonds. The van der Waals surface area contributed by atoms with Crippen LogP contribution >= 0.6 is 0 Å². The number of amides is 1. The molecule has 0 unspecified atom stereocenters. The van der Waals surface area contributed by atoms with Crippen molar-refractivity contribution in [3.63, 3.8) is 0 Å². The summed E-state index contributed by atoms with van der Waals surface area (Å²) in [4.78, 5) is 15.7. The first-order chi connectivity index (χ1) is 8.84. The Morgan fingerprint density at radius 2 is 2.44 bits per heavy atom. The maximum Gasteiger partial charge on any atom is 0.220 e. The number of carbonyl (C=O) groups excluding carboxylic acids is 1. The van der Waals surface area contributed by atoms with Crippen LogP contribution in [0.5, 0.6) is 0 Å². The van der Waals surface area contributed by atoms with E-state index in [-0.39, 0.29) is 12.0 Å². The summed E-state index contributed by atoms with van der Waals surface area (Å²) in [5.41, 5.74) is 1.10. The van der Waals surface area contributed by atoms with Crippen LogP contribution in [0.25, 0.3) is 0 Å². The first-order valence-electron chi connectivity index (χ1n) is 6.62. The average molecular weight is 248 g/mol. The van der Waals surface area contributed by atoms with Gasteiger partial charge in [-0.25, -0.2) is 0 Å². The van der Waals surface area contributed by atoms with Gasteiger partial charge in [0.1, 0.15) is 0 Å². The normalized spacial score (nSPS) is 19.4. The summed E-state index contributed by atoms with van der Waals surface area (Å²) >= 11 is 0. The summed E-state index contributed by atoms with van der Waals surface area (Å²) in [5, 5.41) is 2.94. The molecule has 2 heterocycles. The smallest absolute Gasteiger partial charge is 0.220 e. The van der Waals surface area contributed by atoms with Gasteiger partial charge in [0.15, 0.2) is 0 Å². The van der Waals surface area contributed by atoms with Crippen molar-refractivity contribution in [3.8, 4) is 0 Å². The van der Waals surface area contributed by atoms with Gasteiger partial charge in [-0.15, -0.1) is 0 Å². The van der Waals surface area contributed by atoms with Crippen molar-refractivity contribution >= 4 is 5.91 Å². The Labute approximate surface area is 108 Å². The zero-order valence-corrected chi connectivity index (χ0v) is 10.6. The van der Waals surface area contributed by atoms with E-state index in [0.29, 0.717) is 13.0 Å². The molecule has 1 fully saturated rings. The highest BCUT2D eigenvalue weighted by atomic mass is 16.5. The van der Waals surface area contributed by atoms with Crippen molar-refractivity contribution in [2.75, 3.05) is 13.2 Å². The fraction of sp³-hybridized carbons (Fsp3) is 0.571. The number of hydrogen-bond donors (Lipinski definition) is 1. The predicted octanol–water partition coefficient (Wildman–Crippen LogP) is 1.70. The molecule has 0 aromatic carbocycles. The highest BCUT2D eigenvalue weighted by molar-refractivity contribution is 5.76. The van der Waals surface area contributed by atoms with E-state index in [2.05, 4.69) is 10.3 Å². The Balaban J connectivity index is 1.63. The van der Waals surface area contributed by atoms with Crippen molar-refractivity contribution in [1.29, 1.82) is 0 Å². The molecule has 1 aliphatic heterocycles. The predicted molar refractivity (Wildman–Crippen MR) is 69.2 cm³/mol. The van der Waals surface area contributed by atoms with Crippen LogP contribution in [0.4, 0.5) is 0 Å². The quantitative estimate of drug-likeness (QED) is 0.863. The molecular formula is C14H20N2O2. The molecule has 0 saturated carbocycles. The Morgan fingerprint density at radius 3 is 3.17 bits per heavy atom. The van der Waals surface area contributed by atoms with Crippen molar-refractivity contribution in [2.24, 2.45) is 0 Å². The van der Waals surface area contributed by atoms with Crippen LogP contribution < -0.4 is 5.32 Å². The number of pyridine rings is 1. The minimum atomic E-state index is 0.0908. The molecule has 1 N–H and O–H groups in total. The molecule has 98 valence electrons. The summed E-state index contributed by atoms with van der Waals surface area (Å²) in [5.74, 6) is 0.0908. The monoisotopic (exact) mass is 248 g/mol. The molecule has 4 nitrogen and oxygen atoms in total. The summed E-state index contributed by atoms with van der Waals surface area (Å²) < 4.78 is 5.57. The molecule has 4 heteroatoms. The zero-order chi connectivity index (χ0) is 12.6. The number of aryl methyl sites for hydroxylation is 1. The lowest BCUT2D eigenvalue weighted by Crippen LogP contribution is -2.35. The summed E-state index contributed by atoms with van der Waals surface area (Å²) in [6.45, 7) is 1.47. The molecule has 1 aromatic heterocycles. The maximum absolute atomic E-state index is 11.7. The molecule has 1 saturated heterocycles. The number of rotatable bonds is 5. The molecule has 0 aliphatic carbocycles. The van der Waals surface area contributed by atoms with Gasteiger partial charge in [-0.3, -0.25) is 9.78 Å². The minimum absolute atomic E-state index is 0.0908. The van der Waals surface area contributed by atoms with Crippen LogP contribution in [0, 0.1) is 0 Å². The number of hydrogen-bond acceptors (Lipinski definition) is 3. The third-order valence-corrected chi connectivity index (χ3v) is 3.16. The molecule has 0 radical (unpaired) electrons. The molecule has 1 aromatic rings. The van der Waals surface area contributed by atoms with Crippen molar-refractivity contribution < 1.29 is 9.53 Å². The lowest BCUT2D eigenvalue weighted by Gasteiger charge is -2.22. The second kappa shape index (κ2) is 7.11. The van der Waals surface area contributed by atoms with Gasteiger partial charge in [0.25, 0.3) is 0 Å². The highest BCUT2D eigenvalue weighted by Crippen LogP contribution is 2.11. The Morgan fingerprint density at radius 1 is 1.50 bits per heavy atom. The second-order valence-electron chi connectivity index (χ2n) is 4.65. The largest absolute Gasteiger partial charge is 0.376 e. The topological polar surface area (TPSA) is 51.2 Å². The van der Waals surface area contributed by atoms with Crippen LogP contribution in [-0.2, 0) is 16.0 Å².